The van der Waals surface area contributed by atoms with Crippen LogP contribution >= 0.6 is 11.8 Å². The summed E-state index contributed by atoms with van der Waals surface area (Å²) in [5, 5.41) is 21.9. The third-order valence-electron chi connectivity index (χ3n) is 4.24. The van der Waals surface area contributed by atoms with Crippen LogP contribution < -0.4 is 11.0 Å². The fourth-order valence-corrected chi connectivity index (χ4v) is 3.10. The summed E-state index contributed by atoms with van der Waals surface area (Å²) in [4.78, 5) is 28.9. The van der Waals surface area contributed by atoms with Crippen molar-refractivity contribution in [1.29, 1.82) is 0 Å². The highest BCUT2D eigenvalue weighted by molar-refractivity contribution is 7.98. The Morgan fingerprint density at radius 3 is 2.52 bits per heavy atom. The number of ether oxygens (including phenoxy) is 1. The molecule has 10 heteroatoms. The van der Waals surface area contributed by atoms with E-state index in [0.717, 1.165) is 15.7 Å². The van der Waals surface area contributed by atoms with Crippen molar-refractivity contribution in [3.05, 3.63) is 52.3 Å². The van der Waals surface area contributed by atoms with Crippen LogP contribution in [-0.4, -0.2) is 50.2 Å². The van der Waals surface area contributed by atoms with E-state index >= 15 is 0 Å². The Morgan fingerprint density at radius 2 is 1.96 bits per heavy atom. The summed E-state index contributed by atoms with van der Waals surface area (Å²) in [6.07, 6.45) is -1.95. The van der Waals surface area contributed by atoms with E-state index in [9.17, 15) is 24.2 Å². The Bertz CT molecular complexity index is 904. The average molecular weight is 395 g/mol. The number of nitrogens with zero attached hydrogens (tertiary/aromatic N) is 2. The first-order valence-electron chi connectivity index (χ1n) is 8.07. The Hall–Kier alpha value is -2.27. The quantitative estimate of drug-likeness (QED) is 0.662. The number of hydrogen-bond donors (Lipinski definition) is 3. The van der Waals surface area contributed by atoms with E-state index in [0.29, 0.717) is 0 Å². The van der Waals surface area contributed by atoms with E-state index in [2.05, 4.69) is 10.3 Å². The summed E-state index contributed by atoms with van der Waals surface area (Å²) in [5.74, 6) is -2.13. The Balaban J connectivity index is 1.82. The zero-order valence-corrected chi connectivity index (χ0v) is 15.3. The van der Waals surface area contributed by atoms with Crippen molar-refractivity contribution in [2.75, 3.05) is 11.6 Å². The first-order valence-corrected chi connectivity index (χ1v) is 9.30. The molecule has 27 heavy (non-hydrogen) atoms. The van der Waals surface area contributed by atoms with Gasteiger partial charge in [0.05, 0.1) is 12.3 Å². The summed E-state index contributed by atoms with van der Waals surface area (Å²) in [7, 11) is 0. The number of hydrogen-bond acceptors (Lipinski definition) is 7. The molecule has 1 aliphatic heterocycles. The third-order valence-corrected chi connectivity index (χ3v) is 4.99. The Labute approximate surface area is 158 Å². The SMILES string of the molecule is CSc1ccc(C(=O)Nc2nc(=O)n([C@@H]3O[C@H](C)[C@@H](O)[C@H]3O)cc2F)cc1. The van der Waals surface area contributed by atoms with Crippen molar-refractivity contribution < 1.29 is 24.1 Å². The second kappa shape index (κ2) is 7.77. The van der Waals surface area contributed by atoms with Gasteiger partial charge in [0.1, 0.15) is 12.2 Å². The summed E-state index contributed by atoms with van der Waals surface area (Å²) >= 11 is 1.51. The van der Waals surface area contributed by atoms with Gasteiger partial charge in [0.15, 0.2) is 17.9 Å². The van der Waals surface area contributed by atoms with Crippen LogP contribution in [0.25, 0.3) is 0 Å². The number of thioether (sulfide) groups is 1. The predicted molar refractivity (Wildman–Crippen MR) is 96.2 cm³/mol. The van der Waals surface area contributed by atoms with Crippen LogP contribution in [0, 0.1) is 5.82 Å². The number of halogens is 1. The van der Waals surface area contributed by atoms with Gasteiger partial charge in [-0.05, 0) is 37.4 Å². The number of amides is 1. The molecule has 3 N–H and O–H groups in total. The molecular formula is C17H18FN3O5S. The van der Waals surface area contributed by atoms with Crippen molar-refractivity contribution in [3.63, 3.8) is 0 Å². The molecule has 8 nitrogen and oxygen atoms in total. The van der Waals surface area contributed by atoms with Crippen molar-refractivity contribution >= 4 is 23.5 Å². The van der Waals surface area contributed by atoms with E-state index in [4.69, 9.17) is 4.74 Å². The van der Waals surface area contributed by atoms with Gasteiger partial charge < -0.3 is 20.3 Å². The number of carbonyl (C=O) groups excluding carboxylic acids is 1. The van der Waals surface area contributed by atoms with Crippen molar-refractivity contribution in [3.8, 4) is 0 Å². The molecule has 0 aliphatic carbocycles. The number of aliphatic hydroxyl groups excluding tert-OH is 2. The summed E-state index contributed by atoms with van der Waals surface area (Å²) in [6, 6.07) is 6.64. The van der Waals surface area contributed by atoms with Gasteiger partial charge >= 0.3 is 5.69 Å². The lowest BCUT2D eigenvalue weighted by Gasteiger charge is -2.17. The number of anilines is 1. The average Bonchev–Trinajstić information content (AvgIpc) is 2.91. The molecule has 1 aromatic heterocycles. The predicted octanol–water partition coefficient (Wildman–Crippen LogP) is 0.996. The number of rotatable bonds is 4. The molecular weight excluding hydrogens is 377 g/mol. The highest BCUT2D eigenvalue weighted by Crippen LogP contribution is 2.28. The summed E-state index contributed by atoms with van der Waals surface area (Å²) in [6.45, 7) is 1.51. The second-order valence-corrected chi connectivity index (χ2v) is 6.90. The molecule has 0 saturated carbocycles. The zero-order valence-electron chi connectivity index (χ0n) is 14.5. The molecule has 3 rings (SSSR count). The molecule has 0 spiro atoms. The van der Waals surface area contributed by atoms with Gasteiger partial charge in [-0.15, -0.1) is 11.8 Å². The van der Waals surface area contributed by atoms with Crippen molar-refractivity contribution in [2.24, 2.45) is 0 Å². The van der Waals surface area contributed by atoms with Gasteiger partial charge in [-0.3, -0.25) is 9.36 Å². The van der Waals surface area contributed by atoms with Gasteiger partial charge in [0.2, 0.25) is 0 Å². The van der Waals surface area contributed by atoms with E-state index in [-0.39, 0.29) is 5.56 Å². The highest BCUT2D eigenvalue weighted by atomic mass is 32.2. The van der Waals surface area contributed by atoms with Crippen molar-refractivity contribution in [1.82, 2.24) is 9.55 Å². The van der Waals surface area contributed by atoms with E-state index in [1.807, 2.05) is 6.26 Å². The fraction of sp³-hybridized carbons (Fsp3) is 0.353. The van der Waals surface area contributed by atoms with Crippen LogP contribution in [0.2, 0.25) is 0 Å². The number of nitrogens with one attached hydrogen (secondary N) is 1. The maximum atomic E-state index is 14.4. The molecule has 4 atom stereocenters. The summed E-state index contributed by atoms with van der Waals surface area (Å²) in [5.41, 5.74) is -0.653. The molecule has 2 heterocycles. The molecule has 144 valence electrons. The van der Waals surface area contributed by atoms with Crippen LogP contribution in [0.3, 0.4) is 0 Å². The van der Waals surface area contributed by atoms with Crippen LogP contribution in [0.5, 0.6) is 0 Å². The molecule has 0 unspecified atom stereocenters. The van der Waals surface area contributed by atoms with E-state index in [1.54, 1.807) is 24.3 Å². The maximum Gasteiger partial charge on any atom is 0.351 e. The number of benzene rings is 1. The second-order valence-electron chi connectivity index (χ2n) is 6.02. The molecule has 0 bridgehead atoms. The smallest absolute Gasteiger partial charge is 0.351 e. The molecule has 1 aliphatic rings. The lowest BCUT2D eigenvalue weighted by atomic mass is 10.1. The Kier molecular flexibility index (Phi) is 5.61. The first kappa shape index (κ1) is 19.5. The highest BCUT2D eigenvalue weighted by Gasteiger charge is 2.42. The summed E-state index contributed by atoms with van der Waals surface area (Å²) < 4.78 is 20.4. The van der Waals surface area contributed by atoms with Gasteiger partial charge in [-0.1, -0.05) is 0 Å². The van der Waals surface area contributed by atoms with Gasteiger partial charge in [0, 0.05) is 10.5 Å². The van der Waals surface area contributed by atoms with Crippen LogP contribution in [0.15, 0.2) is 40.2 Å². The standard InChI is InChI=1S/C17H18FN3O5S/c1-8-12(22)13(23)16(26-8)21-7-11(18)14(20-17(21)25)19-15(24)9-3-5-10(27-2)6-4-9/h3-8,12-13,16,22-23H,1-2H3,(H,19,20,24,25)/t8-,12-,13-,16-/m1/s1. The molecule has 0 radical (unpaired) electrons. The monoisotopic (exact) mass is 395 g/mol. The zero-order chi connectivity index (χ0) is 19.7. The van der Waals surface area contributed by atoms with Gasteiger partial charge in [-0.2, -0.15) is 4.98 Å². The first-order chi connectivity index (χ1) is 12.8. The lowest BCUT2D eigenvalue weighted by molar-refractivity contribution is -0.0355. The molecule has 1 amide bonds. The third kappa shape index (κ3) is 3.88. The normalized spacial score (nSPS) is 24.8. The van der Waals surface area contributed by atoms with Crippen LogP contribution in [-0.2, 0) is 4.74 Å². The minimum Gasteiger partial charge on any atom is -0.388 e. The minimum atomic E-state index is -1.41. The topological polar surface area (TPSA) is 114 Å². The van der Waals surface area contributed by atoms with Crippen molar-refractivity contribution in [2.45, 2.75) is 36.4 Å². The molecule has 1 fully saturated rings. The number of aliphatic hydroxyl groups is 2. The maximum absolute atomic E-state index is 14.4. The van der Waals surface area contributed by atoms with E-state index in [1.165, 1.54) is 18.7 Å². The minimum absolute atomic E-state index is 0.282. The number of aromatic nitrogens is 2. The van der Waals surface area contributed by atoms with Gasteiger partial charge in [-0.25, -0.2) is 9.18 Å². The van der Waals surface area contributed by atoms with E-state index < -0.39 is 47.8 Å². The lowest BCUT2D eigenvalue weighted by Crippen LogP contribution is -2.36. The van der Waals surface area contributed by atoms with Crippen LogP contribution in [0.1, 0.15) is 23.5 Å². The Morgan fingerprint density at radius 1 is 1.30 bits per heavy atom. The number of carbonyl (C=O) groups is 1. The largest absolute Gasteiger partial charge is 0.388 e. The van der Waals surface area contributed by atoms with Crippen LogP contribution in [0.4, 0.5) is 10.2 Å². The van der Waals surface area contributed by atoms with Gasteiger partial charge in [0.25, 0.3) is 5.91 Å². The molecule has 1 saturated heterocycles. The molecule has 1 aromatic carbocycles. The fourth-order valence-electron chi connectivity index (χ4n) is 2.69. The molecule has 2 aromatic rings.